The second kappa shape index (κ2) is 7.56. The predicted molar refractivity (Wildman–Crippen MR) is 121 cm³/mol. The number of aliphatic hydroxyl groups is 1. The Balaban J connectivity index is 1.52. The summed E-state index contributed by atoms with van der Waals surface area (Å²) in [5.74, 6) is 0.420. The van der Waals surface area contributed by atoms with Crippen LogP contribution in [0.4, 0.5) is 5.69 Å². The predicted octanol–water partition coefficient (Wildman–Crippen LogP) is 4.16. The molecule has 1 aliphatic carbocycles. The first-order valence-corrected chi connectivity index (χ1v) is 10.4. The van der Waals surface area contributed by atoms with Gasteiger partial charge in [0.25, 0.3) is 11.5 Å². The number of rotatable bonds is 5. The number of fused-ring (bicyclic) bond motifs is 1. The topological polar surface area (TPSA) is 87.1 Å². The molecule has 1 saturated carbocycles. The van der Waals surface area contributed by atoms with E-state index in [2.05, 4.69) is 10.3 Å². The van der Waals surface area contributed by atoms with Crippen molar-refractivity contribution in [2.75, 3.05) is 5.32 Å². The Morgan fingerprint density at radius 2 is 1.90 bits per heavy atom. The lowest BCUT2D eigenvalue weighted by Crippen LogP contribution is -2.17. The zero-order valence-electron chi connectivity index (χ0n) is 17.2. The van der Waals surface area contributed by atoms with E-state index in [9.17, 15) is 14.7 Å². The molecule has 1 amide bonds. The molecule has 0 saturated heterocycles. The van der Waals surface area contributed by atoms with Gasteiger partial charge in [0.05, 0.1) is 6.61 Å². The van der Waals surface area contributed by atoms with Gasteiger partial charge in [-0.1, -0.05) is 24.3 Å². The van der Waals surface area contributed by atoms with E-state index < -0.39 is 0 Å². The minimum Gasteiger partial charge on any atom is -0.392 e. The number of pyridine rings is 1. The molecule has 1 fully saturated rings. The van der Waals surface area contributed by atoms with Gasteiger partial charge in [-0.25, -0.2) is 0 Å². The van der Waals surface area contributed by atoms with Crippen LogP contribution in [0.5, 0.6) is 0 Å². The third-order valence-electron chi connectivity index (χ3n) is 5.99. The van der Waals surface area contributed by atoms with Crippen LogP contribution in [-0.4, -0.2) is 20.6 Å². The Kier molecular flexibility index (Phi) is 4.71. The molecule has 0 unspecified atom stereocenters. The molecule has 0 spiro atoms. The third-order valence-corrected chi connectivity index (χ3v) is 5.99. The zero-order valence-corrected chi connectivity index (χ0v) is 17.2. The minimum atomic E-state index is -0.249. The first-order chi connectivity index (χ1) is 15.1. The van der Waals surface area contributed by atoms with Gasteiger partial charge < -0.3 is 20.0 Å². The fourth-order valence-corrected chi connectivity index (χ4v) is 4.13. The van der Waals surface area contributed by atoms with Crippen molar-refractivity contribution >= 4 is 22.5 Å². The SMILES string of the molecule is Cn1cc(-c2cccc(NC(=O)c3ccc(C4CC4)cc3)c2CO)c2cc[nH]c2c1=O. The highest BCUT2D eigenvalue weighted by atomic mass is 16.3. The number of anilines is 1. The number of hydrogen-bond acceptors (Lipinski definition) is 3. The number of aryl methyl sites for hydroxylation is 1. The van der Waals surface area contributed by atoms with Crippen molar-refractivity contribution in [3.05, 3.63) is 88.0 Å². The maximum Gasteiger partial charge on any atom is 0.274 e. The molecule has 5 rings (SSSR count). The van der Waals surface area contributed by atoms with Crippen LogP contribution < -0.4 is 10.9 Å². The lowest BCUT2D eigenvalue weighted by molar-refractivity contribution is 0.102. The molecule has 2 aromatic heterocycles. The average molecular weight is 413 g/mol. The van der Waals surface area contributed by atoms with Gasteiger partial charge in [-0.05, 0) is 54.2 Å². The first-order valence-electron chi connectivity index (χ1n) is 10.4. The minimum absolute atomic E-state index is 0.117. The fraction of sp³-hybridized carbons (Fsp3) is 0.200. The van der Waals surface area contributed by atoms with Gasteiger partial charge in [0.2, 0.25) is 0 Å². The molecular formula is C25H23N3O3. The first kappa shape index (κ1) is 19.3. The van der Waals surface area contributed by atoms with Crippen LogP contribution in [0, 0.1) is 0 Å². The molecule has 1 aliphatic rings. The number of aromatic amines is 1. The summed E-state index contributed by atoms with van der Waals surface area (Å²) in [6.45, 7) is -0.249. The molecule has 0 bridgehead atoms. The smallest absolute Gasteiger partial charge is 0.274 e. The summed E-state index contributed by atoms with van der Waals surface area (Å²) in [6, 6.07) is 15.1. The summed E-state index contributed by atoms with van der Waals surface area (Å²) < 4.78 is 1.52. The number of carbonyl (C=O) groups excluding carboxylic acids is 1. The molecule has 6 nitrogen and oxygen atoms in total. The molecule has 3 N–H and O–H groups in total. The Bertz CT molecular complexity index is 1340. The molecule has 0 atom stereocenters. The average Bonchev–Trinajstić information content (AvgIpc) is 3.52. The van der Waals surface area contributed by atoms with Crippen LogP contribution in [-0.2, 0) is 13.7 Å². The van der Waals surface area contributed by atoms with Gasteiger partial charge in [0.1, 0.15) is 5.52 Å². The number of aromatic nitrogens is 2. The van der Waals surface area contributed by atoms with Crippen LogP contribution in [0.25, 0.3) is 22.0 Å². The van der Waals surface area contributed by atoms with E-state index in [1.807, 2.05) is 42.5 Å². The number of amides is 1. The third kappa shape index (κ3) is 3.45. The van der Waals surface area contributed by atoms with E-state index in [0.29, 0.717) is 28.2 Å². The van der Waals surface area contributed by atoms with E-state index >= 15 is 0 Å². The standard InChI is InChI=1S/C25H23N3O3/c1-28-13-20(19-11-12-26-23(19)25(28)31)18-3-2-4-22(21(18)14-29)27-24(30)17-9-7-16(8-10-17)15-5-6-15/h2-4,7-13,15,26,29H,5-6,14H2,1H3,(H,27,30). The monoisotopic (exact) mass is 413 g/mol. The normalized spacial score (nSPS) is 13.5. The number of aliphatic hydroxyl groups excluding tert-OH is 1. The number of benzene rings is 2. The molecule has 6 heteroatoms. The van der Waals surface area contributed by atoms with Gasteiger partial charge >= 0.3 is 0 Å². The Hall–Kier alpha value is -3.64. The summed E-state index contributed by atoms with van der Waals surface area (Å²) in [4.78, 5) is 28.2. The number of nitrogens with one attached hydrogen (secondary N) is 2. The van der Waals surface area contributed by atoms with Gasteiger partial charge in [0.15, 0.2) is 0 Å². The Morgan fingerprint density at radius 3 is 2.61 bits per heavy atom. The molecule has 0 aliphatic heterocycles. The molecular weight excluding hydrogens is 390 g/mol. The zero-order chi connectivity index (χ0) is 21.5. The van der Waals surface area contributed by atoms with Crippen molar-refractivity contribution < 1.29 is 9.90 Å². The van der Waals surface area contributed by atoms with Crippen molar-refractivity contribution in [3.8, 4) is 11.1 Å². The van der Waals surface area contributed by atoms with Crippen LogP contribution in [0.1, 0.15) is 40.2 Å². The van der Waals surface area contributed by atoms with Gasteiger partial charge in [-0.2, -0.15) is 0 Å². The van der Waals surface area contributed by atoms with E-state index in [0.717, 1.165) is 16.5 Å². The van der Waals surface area contributed by atoms with Crippen molar-refractivity contribution in [1.82, 2.24) is 9.55 Å². The second-order valence-electron chi connectivity index (χ2n) is 8.07. The highest BCUT2D eigenvalue weighted by Gasteiger charge is 2.23. The van der Waals surface area contributed by atoms with Gasteiger partial charge in [-0.3, -0.25) is 9.59 Å². The van der Waals surface area contributed by atoms with Crippen LogP contribution in [0.15, 0.2) is 65.7 Å². The van der Waals surface area contributed by atoms with E-state index in [1.54, 1.807) is 25.5 Å². The number of carbonyl (C=O) groups is 1. The van der Waals surface area contributed by atoms with Crippen LogP contribution >= 0.6 is 0 Å². The fourth-order valence-electron chi connectivity index (χ4n) is 4.13. The largest absolute Gasteiger partial charge is 0.392 e. The van der Waals surface area contributed by atoms with Crippen molar-refractivity contribution in [2.45, 2.75) is 25.4 Å². The van der Waals surface area contributed by atoms with E-state index in [-0.39, 0.29) is 18.1 Å². The van der Waals surface area contributed by atoms with Crippen molar-refractivity contribution in [1.29, 1.82) is 0 Å². The number of hydrogen-bond donors (Lipinski definition) is 3. The lowest BCUT2D eigenvalue weighted by atomic mass is 9.97. The molecule has 4 aromatic rings. The molecule has 2 aromatic carbocycles. The van der Waals surface area contributed by atoms with Crippen molar-refractivity contribution in [3.63, 3.8) is 0 Å². The summed E-state index contributed by atoms with van der Waals surface area (Å²) >= 11 is 0. The van der Waals surface area contributed by atoms with E-state index in [4.69, 9.17) is 0 Å². The Labute approximate surface area is 179 Å². The van der Waals surface area contributed by atoms with Crippen LogP contribution in [0.3, 0.4) is 0 Å². The summed E-state index contributed by atoms with van der Waals surface area (Å²) in [5, 5.41) is 13.9. The maximum absolute atomic E-state index is 12.9. The number of H-pyrrole nitrogens is 1. The molecule has 156 valence electrons. The lowest BCUT2D eigenvalue weighted by Gasteiger charge is -2.16. The summed E-state index contributed by atoms with van der Waals surface area (Å²) in [5.41, 5.74) is 4.98. The molecule has 31 heavy (non-hydrogen) atoms. The van der Waals surface area contributed by atoms with Gasteiger partial charge in [0, 0.05) is 47.2 Å². The second-order valence-corrected chi connectivity index (χ2v) is 8.07. The Morgan fingerprint density at radius 1 is 1.13 bits per heavy atom. The maximum atomic E-state index is 12.9. The molecule has 2 heterocycles. The van der Waals surface area contributed by atoms with E-state index in [1.165, 1.54) is 23.0 Å². The number of nitrogens with zero attached hydrogens (tertiary/aromatic N) is 1. The van der Waals surface area contributed by atoms with Crippen molar-refractivity contribution in [2.24, 2.45) is 7.05 Å². The summed E-state index contributed by atoms with van der Waals surface area (Å²) in [7, 11) is 1.70. The summed E-state index contributed by atoms with van der Waals surface area (Å²) in [6.07, 6.45) is 5.93. The quantitative estimate of drug-likeness (QED) is 0.459. The van der Waals surface area contributed by atoms with Gasteiger partial charge in [-0.15, -0.1) is 0 Å². The van der Waals surface area contributed by atoms with Crippen LogP contribution in [0.2, 0.25) is 0 Å². The highest BCUT2D eigenvalue weighted by molar-refractivity contribution is 6.05. The molecule has 0 radical (unpaired) electrons. The highest BCUT2D eigenvalue weighted by Crippen LogP contribution is 2.40.